The Labute approximate surface area is 156 Å². The Kier molecular flexibility index (Phi) is 4.66. The third-order valence-corrected chi connectivity index (χ3v) is 7.62. The number of hydrogen-bond acceptors (Lipinski definition) is 4. The Morgan fingerprint density at radius 3 is 2.65 bits per heavy atom. The molecule has 26 heavy (non-hydrogen) atoms. The third kappa shape index (κ3) is 2.65. The van der Waals surface area contributed by atoms with Gasteiger partial charge in [-0.15, -0.1) is 0 Å². The van der Waals surface area contributed by atoms with Crippen LogP contribution in [-0.4, -0.2) is 23.8 Å². The summed E-state index contributed by atoms with van der Waals surface area (Å²) in [7, 11) is 1.38. The minimum Gasteiger partial charge on any atom is -0.504 e. The van der Waals surface area contributed by atoms with Crippen LogP contribution in [-0.2, 0) is 14.3 Å². The van der Waals surface area contributed by atoms with Crippen molar-refractivity contribution >= 4 is 11.6 Å². The maximum Gasteiger partial charge on any atom is 0.227 e. The summed E-state index contributed by atoms with van der Waals surface area (Å²) in [6.45, 7) is 11.1. The highest BCUT2D eigenvalue weighted by Crippen LogP contribution is 2.63. The maximum atomic E-state index is 12.8. The number of Topliss-reactive ketones (excluding diaryl/α,β-unsaturated/α-hetero) is 1. The van der Waals surface area contributed by atoms with Gasteiger partial charge < -0.3 is 9.84 Å². The summed E-state index contributed by atoms with van der Waals surface area (Å²) >= 11 is 0. The summed E-state index contributed by atoms with van der Waals surface area (Å²) in [6.07, 6.45) is 6.95. The zero-order chi connectivity index (χ0) is 19.3. The number of carbonyl (C=O) groups is 2. The van der Waals surface area contributed by atoms with Gasteiger partial charge in [-0.05, 0) is 61.2 Å². The van der Waals surface area contributed by atoms with Crippen LogP contribution < -0.4 is 0 Å². The van der Waals surface area contributed by atoms with Crippen molar-refractivity contribution in [2.24, 2.45) is 22.7 Å². The average Bonchev–Trinajstić information content (AvgIpc) is 2.61. The van der Waals surface area contributed by atoms with Crippen LogP contribution in [0.5, 0.6) is 0 Å². The molecular weight excluding hydrogens is 328 g/mol. The number of aliphatic hydroxyl groups is 1. The fraction of sp³-hybridized carbons (Fsp3) is 0.636. The number of methoxy groups -OCH3 is 1. The number of aliphatic hydroxyl groups excluding tert-OH is 1. The van der Waals surface area contributed by atoms with Crippen LogP contribution >= 0.6 is 0 Å². The van der Waals surface area contributed by atoms with Gasteiger partial charge in [0.2, 0.25) is 11.6 Å². The van der Waals surface area contributed by atoms with Gasteiger partial charge >= 0.3 is 0 Å². The molecule has 1 N–H and O–H groups in total. The van der Waals surface area contributed by atoms with Gasteiger partial charge in [0.05, 0.1) is 7.11 Å². The first-order chi connectivity index (χ1) is 12.1. The van der Waals surface area contributed by atoms with E-state index in [2.05, 4.69) is 27.4 Å². The van der Waals surface area contributed by atoms with Crippen LogP contribution in [0.15, 0.2) is 35.3 Å². The molecule has 2 fully saturated rings. The van der Waals surface area contributed by atoms with Gasteiger partial charge in [0.25, 0.3) is 0 Å². The fourth-order valence-electron chi connectivity index (χ4n) is 5.62. The van der Waals surface area contributed by atoms with E-state index in [1.807, 2.05) is 0 Å². The quantitative estimate of drug-likeness (QED) is 0.588. The lowest BCUT2D eigenvalue weighted by Crippen LogP contribution is -2.50. The lowest BCUT2D eigenvalue weighted by atomic mass is 9.46. The molecule has 0 spiro atoms. The van der Waals surface area contributed by atoms with E-state index < -0.39 is 11.5 Å². The zero-order valence-electron chi connectivity index (χ0n) is 16.4. The Hall–Kier alpha value is -1.84. The van der Waals surface area contributed by atoms with Crippen molar-refractivity contribution in [3.05, 3.63) is 35.3 Å². The van der Waals surface area contributed by atoms with E-state index in [1.165, 1.54) is 12.7 Å². The van der Waals surface area contributed by atoms with Crippen molar-refractivity contribution in [2.75, 3.05) is 7.11 Å². The van der Waals surface area contributed by atoms with Gasteiger partial charge in [0.15, 0.2) is 11.5 Å². The molecule has 0 aromatic heterocycles. The van der Waals surface area contributed by atoms with Crippen LogP contribution in [0.4, 0.5) is 0 Å². The average molecular weight is 358 g/mol. The van der Waals surface area contributed by atoms with Gasteiger partial charge in [-0.1, -0.05) is 32.9 Å². The minimum absolute atomic E-state index is 0.0191. The van der Waals surface area contributed by atoms with Crippen molar-refractivity contribution in [1.29, 1.82) is 0 Å². The smallest absolute Gasteiger partial charge is 0.227 e. The zero-order valence-corrected chi connectivity index (χ0v) is 16.4. The largest absolute Gasteiger partial charge is 0.504 e. The number of rotatable bonds is 3. The number of ketones is 2. The molecule has 0 unspecified atom stereocenters. The Balaban J connectivity index is 2.01. The number of ether oxygens (including phenoxy) is 1. The normalized spacial score (nSPS) is 38.2. The second-order valence-electron chi connectivity index (χ2n) is 8.82. The number of hydrogen-bond donors (Lipinski definition) is 1. The van der Waals surface area contributed by atoms with Gasteiger partial charge in [-0.3, -0.25) is 9.59 Å². The number of fused-ring (bicyclic) bond motifs is 1. The van der Waals surface area contributed by atoms with Gasteiger partial charge in [0, 0.05) is 11.6 Å². The molecule has 3 aliphatic rings. The highest BCUT2D eigenvalue weighted by molar-refractivity contribution is 6.20. The summed E-state index contributed by atoms with van der Waals surface area (Å²) in [5, 5.41) is 10.4. The van der Waals surface area contributed by atoms with Gasteiger partial charge in [0.1, 0.15) is 0 Å². The summed E-state index contributed by atoms with van der Waals surface area (Å²) < 4.78 is 5.08. The van der Waals surface area contributed by atoms with Crippen LogP contribution in [0.3, 0.4) is 0 Å². The summed E-state index contributed by atoms with van der Waals surface area (Å²) in [6, 6.07) is 0. The lowest BCUT2D eigenvalue weighted by molar-refractivity contribution is -0.120. The molecule has 142 valence electrons. The van der Waals surface area contributed by atoms with Crippen molar-refractivity contribution in [1.82, 2.24) is 0 Å². The van der Waals surface area contributed by atoms with Crippen LogP contribution in [0, 0.1) is 22.7 Å². The van der Waals surface area contributed by atoms with Gasteiger partial charge in [-0.2, -0.15) is 0 Å². The maximum absolute atomic E-state index is 12.8. The molecule has 0 heterocycles. The molecule has 0 bridgehead atoms. The molecule has 0 amide bonds. The van der Waals surface area contributed by atoms with E-state index in [4.69, 9.17) is 4.74 Å². The SMILES string of the molecule is C=C1CCC[C@@H]2[C@@](C)(CC3=C(O)C(=O)C=C(OC)C3=O)[C@H](C)CC[C@@]12C. The first-order valence-corrected chi connectivity index (χ1v) is 9.60. The first kappa shape index (κ1) is 18.9. The second kappa shape index (κ2) is 6.40. The molecule has 0 aliphatic heterocycles. The summed E-state index contributed by atoms with van der Waals surface area (Å²) in [4.78, 5) is 24.9. The van der Waals surface area contributed by atoms with Crippen molar-refractivity contribution in [2.45, 2.75) is 59.3 Å². The molecule has 0 saturated heterocycles. The number of allylic oxidation sites excluding steroid dienone is 3. The van der Waals surface area contributed by atoms with E-state index in [1.54, 1.807) is 0 Å². The van der Waals surface area contributed by atoms with E-state index in [9.17, 15) is 14.7 Å². The highest BCUT2D eigenvalue weighted by Gasteiger charge is 2.54. The summed E-state index contributed by atoms with van der Waals surface area (Å²) in [5.74, 6) is -0.511. The molecule has 0 aromatic carbocycles. The minimum atomic E-state index is -0.542. The first-order valence-electron chi connectivity index (χ1n) is 9.60. The Morgan fingerprint density at radius 2 is 2.00 bits per heavy atom. The highest BCUT2D eigenvalue weighted by atomic mass is 16.5. The van der Waals surface area contributed by atoms with E-state index in [-0.39, 0.29) is 27.9 Å². The van der Waals surface area contributed by atoms with Crippen LogP contribution in [0.2, 0.25) is 0 Å². The fourth-order valence-corrected chi connectivity index (χ4v) is 5.62. The summed E-state index contributed by atoms with van der Waals surface area (Å²) in [5.41, 5.74) is 1.42. The molecule has 3 rings (SSSR count). The van der Waals surface area contributed by atoms with E-state index in [0.29, 0.717) is 18.3 Å². The molecular formula is C22H30O4. The molecule has 4 atom stereocenters. The van der Waals surface area contributed by atoms with Gasteiger partial charge in [-0.25, -0.2) is 0 Å². The predicted molar refractivity (Wildman–Crippen MR) is 100 cm³/mol. The molecule has 4 heteroatoms. The monoisotopic (exact) mass is 358 g/mol. The molecule has 4 nitrogen and oxygen atoms in total. The van der Waals surface area contributed by atoms with Crippen molar-refractivity contribution in [3.63, 3.8) is 0 Å². The van der Waals surface area contributed by atoms with E-state index in [0.717, 1.165) is 38.2 Å². The molecule has 2 saturated carbocycles. The Morgan fingerprint density at radius 1 is 1.31 bits per heavy atom. The van der Waals surface area contributed by atoms with Crippen LogP contribution in [0.1, 0.15) is 59.3 Å². The van der Waals surface area contributed by atoms with Crippen LogP contribution in [0.25, 0.3) is 0 Å². The second-order valence-corrected chi connectivity index (χ2v) is 8.82. The predicted octanol–water partition coefficient (Wildman–Crippen LogP) is 4.67. The third-order valence-electron chi connectivity index (χ3n) is 7.62. The van der Waals surface area contributed by atoms with Crippen molar-refractivity contribution in [3.8, 4) is 0 Å². The number of carbonyl (C=O) groups excluding carboxylic acids is 2. The van der Waals surface area contributed by atoms with E-state index >= 15 is 0 Å². The topological polar surface area (TPSA) is 63.6 Å². The molecule has 0 radical (unpaired) electrons. The molecule has 3 aliphatic carbocycles. The molecule has 0 aromatic rings. The Bertz CT molecular complexity index is 728. The standard InChI is InChI=1S/C22H30O4/c1-13-7-6-8-18-21(13,3)10-9-14(2)22(18,4)12-15-19(24)16(23)11-17(26-5)20(15)25/h11,14,18,24H,1,6-10,12H2,2-5H3/t14-,18+,21+,22+/m1/s1. The lowest BCUT2D eigenvalue weighted by Gasteiger charge is -2.59. The van der Waals surface area contributed by atoms with Crippen molar-refractivity contribution < 1.29 is 19.4 Å².